The maximum Gasteiger partial charge on any atom is 0.339 e. The quantitative estimate of drug-likeness (QED) is 0.512. The van der Waals surface area contributed by atoms with Crippen LogP contribution in [0.5, 0.6) is 0 Å². The molecule has 21 heavy (non-hydrogen) atoms. The molecule has 0 aliphatic heterocycles. The number of thioether (sulfide) groups is 1. The van der Waals surface area contributed by atoms with Crippen molar-refractivity contribution in [3.05, 3.63) is 28.8 Å². The normalized spacial score (nSPS) is 10.7. The van der Waals surface area contributed by atoms with E-state index in [1.165, 1.54) is 18.9 Å². The van der Waals surface area contributed by atoms with Crippen molar-refractivity contribution in [1.29, 1.82) is 0 Å². The van der Waals surface area contributed by atoms with Gasteiger partial charge in [0, 0.05) is 12.7 Å². The molecule has 8 heteroatoms. The number of Topliss-reactive ketones (excluding diaryl/α,β-unsaturated/α-hetero) is 1. The van der Waals surface area contributed by atoms with E-state index in [9.17, 15) is 9.59 Å². The lowest BCUT2D eigenvalue weighted by molar-refractivity contribution is 0.0599. The topological polar surface area (TPSA) is 89.9 Å². The average molecular weight is 308 g/mol. The predicted molar refractivity (Wildman–Crippen MR) is 77.7 cm³/mol. The van der Waals surface area contributed by atoms with Crippen LogP contribution in [0.4, 0.5) is 0 Å². The Labute approximate surface area is 126 Å². The Morgan fingerprint density at radius 2 is 2.14 bits per heavy atom. The van der Waals surface area contributed by atoms with Gasteiger partial charge < -0.3 is 14.3 Å². The number of hydrogen-bond acceptors (Lipinski definition) is 6. The highest BCUT2D eigenvalue weighted by atomic mass is 32.2. The summed E-state index contributed by atoms with van der Waals surface area (Å²) in [6, 6.07) is 0. The van der Waals surface area contributed by atoms with Crippen molar-refractivity contribution in [3.8, 4) is 0 Å². The monoisotopic (exact) mass is 308 g/mol. The molecule has 2 heterocycles. The van der Waals surface area contributed by atoms with Gasteiger partial charge in [0.1, 0.15) is 6.33 Å². The molecule has 112 valence electrons. The summed E-state index contributed by atoms with van der Waals surface area (Å²) >= 11 is 1.30. The van der Waals surface area contributed by atoms with Gasteiger partial charge >= 0.3 is 5.97 Å². The lowest BCUT2D eigenvalue weighted by Gasteiger charge is -2.01. The van der Waals surface area contributed by atoms with Crippen molar-refractivity contribution in [3.63, 3.8) is 0 Å². The number of ketones is 1. The van der Waals surface area contributed by atoms with E-state index in [1.54, 1.807) is 24.7 Å². The van der Waals surface area contributed by atoms with Crippen molar-refractivity contribution in [2.24, 2.45) is 7.05 Å². The van der Waals surface area contributed by atoms with Crippen molar-refractivity contribution < 1.29 is 14.3 Å². The number of aryl methyl sites for hydroxylation is 2. The molecule has 0 bridgehead atoms. The zero-order valence-electron chi connectivity index (χ0n) is 12.3. The van der Waals surface area contributed by atoms with Crippen molar-refractivity contribution in [2.75, 3.05) is 12.9 Å². The minimum Gasteiger partial charge on any atom is -0.465 e. The van der Waals surface area contributed by atoms with Gasteiger partial charge in [0.2, 0.25) is 0 Å². The minimum atomic E-state index is -0.443. The molecule has 0 amide bonds. The Kier molecular flexibility index (Phi) is 4.46. The van der Waals surface area contributed by atoms with E-state index in [0.29, 0.717) is 27.7 Å². The molecule has 0 aliphatic rings. The van der Waals surface area contributed by atoms with Gasteiger partial charge in [-0.25, -0.2) is 4.79 Å². The molecule has 0 saturated carbocycles. The first-order valence-corrected chi connectivity index (χ1v) is 7.21. The molecular weight excluding hydrogens is 292 g/mol. The fraction of sp³-hybridized carbons (Fsp3) is 0.385. The molecule has 0 radical (unpaired) electrons. The zero-order chi connectivity index (χ0) is 15.6. The molecule has 0 aliphatic carbocycles. The summed E-state index contributed by atoms with van der Waals surface area (Å²) in [5.41, 5.74) is 2.10. The van der Waals surface area contributed by atoms with Crippen molar-refractivity contribution >= 4 is 23.5 Å². The van der Waals surface area contributed by atoms with Crippen molar-refractivity contribution in [1.82, 2.24) is 19.7 Å². The Morgan fingerprint density at radius 1 is 1.43 bits per heavy atom. The number of nitrogens with one attached hydrogen (secondary N) is 1. The third kappa shape index (κ3) is 2.99. The summed E-state index contributed by atoms with van der Waals surface area (Å²) in [5.74, 6) is -0.325. The number of aromatic amines is 1. The fourth-order valence-corrected chi connectivity index (χ4v) is 2.80. The van der Waals surface area contributed by atoms with Gasteiger partial charge in [0.25, 0.3) is 0 Å². The minimum absolute atomic E-state index is 0.0984. The van der Waals surface area contributed by atoms with Crippen LogP contribution >= 0.6 is 11.8 Å². The second-order valence-corrected chi connectivity index (χ2v) is 5.50. The van der Waals surface area contributed by atoms with Gasteiger partial charge in [-0.15, -0.1) is 10.2 Å². The summed E-state index contributed by atoms with van der Waals surface area (Å²) < 4.78 is 6.47. The second-order valence-electron chi connectivity index (χ2n) is 4.55. The standard InChI is InChI=1S/C13H16N4O3S/c1-7-10(12(19)20-4)8(2)15-11(7)9(18)5-21-13-16-14-6-17(13)3/h6,15H,5H2,1-4H3. The molecule has 7 nitrogen and oxygen atoms in total. The van der Waals surface area contributed by atoms with E-state index in [2.05, 4.69) is 15.2 Å². The van der Waals surface area contributed by atoms with Crippen molar-refractivity contribution in [2.45, 2.75) is 19.0 Å². The number of H-pyrrole nitrogens is 1. The number of hydrogen-bond donors (Lipinski definition) is 1. The van der Waals surface area contributed by atoms with E-state index in [1.807, 2.05) is 7.05 Å². The summed E-state index contributed by atoms with van der Waals surface area (Å²) in [4.78, 5) is 27.0. The molecule has 0 aromatic carbocycles. The second kappa shape index (κ2) is 6.13. The van der Waals surface area contributed by atoms with Gasteiger partial charge in [-0.05, 0) is 19.4 Å². The zero-order valence-corrected chi connectivity index (χ0v) is 13.1. The Balaban J connectivity index is 2.17. The van der Waals surface area contributed by atoms with Crippen LogP contribution in [-0.4, -0.2) is 44.4 Å². The SMILES string of the molecule is COC(=O)c1c(C)[nH]c(C(=O)CSc2nncn2C)c1C. The lowest BCUT2D eigenvalue weighted by Crippen LogP contribution is -2.07. The molecule has 0 unspecified atom stereocenters. The Hall–Kier alpha value is -2.09. The van der Waals surface area contributed by atoms with Gasteiger partial charge in [-0.2, -0.15) is 0 Å². The first-order chi connectivity index (χ1) is 9.95. The molecule has 0 saturated heterocycles. The molecular formula is C13H16N4O3S. The van der Waals surface area contributed by atoms with Gasteiger partial charge in [-0.3, -0.25) is 4.79 Å². The number of nitrogens with zero attached hydrogens (tertiary/aromatic N) is 3. The smallest absolute Gasteiger partial charge is 0.339 e. The lowest BCUT2D eigenvalue weighted by atomic mass is 10.1. The van der Waals surface area contributed by atoms with Crippen LogP contribution in [0.3, 0.4) is 0 Å². The first-order valence-electron chi connectivity index (χ1n) is 6.23. The highest BCUT2D eigenvalue weighted by Crippen LogP contribution is 2.22. The Bertz CT molecular complexity index is 690. The van der Waals surface area contributed by atoms with Crippen LogP contribution in [0.25, 0.3) is 0 Å². The molecule has 2 rings (SSSR count). The number of ether oxygens (including phenoxy) is 1. The highest BCUT2D eigenvalue weighted by molar-refractivity contribution is 7.99. The van der Waals surface area contributed by atoms with E-state index >= 15 is 0 Å². The summed E-state index contributed by atoms with van der Waals surface area (Å²) in [5, 5.41) is 8.33. The van der Waals surface area contributed by atoms with E-state index < -0.39 is 5.97 Å². The molecule has 2 aromatic rings. The van der Waals surface area contributed by atoms with Crippen LogP contribution in [0, 0.1) is 13.8 Å². The van der Waals surface area contributed by atoms with E-state index in [4.69, 9.17) is 4.74 Å². The molecule has 0 atom stereocenters. The van der Waals surface area contributed by atoms with E-state index in [0.717, 1.165) is 0 Å². The van der Waals surface area contributed by atoms with Crippen LogP contribution in [0.1, 0.15) is 32.1 Å². The number of carbonyl (C=O) groups excluding carboxylic acids is 2. The highest BCUT2D eigenvalue weighted by Gasteiger charge is 2.22. The fourth-order valence-electron chi connectivity index (χ4n) is 2.04. The van der Waals surface area contributed by atoms with Crippen LogP contribution in [-0.2, 0) is 11.8 Å². The third-order valence-corrected chi connectivity index (χ3v) is 4.14. The number of aromatic nitrogens is 4. The van der Waals surface area contributed by atoms with E-state index in [-0.39, 0.29) is 11.5 Å². The number of methoxy groups -OCH3 is 1. The molecule has 1 N–H and O–H groups in total. The molecule has 0 fully saturated rings. The third-order valence-electron chi connectivity index (χ3n) is 3.11. The summed E-state index contributed by atoms with van der Waals surface area (Å²) in [6.45, 7) is 3.47. The van der Waals surface area contributed by atoms with Crippen LogP contribution in [0.15, 0.2) is 11.5 Å². The van der Waals surface area contributed by atoms with Gasteiger partial charge in [0.05, 0.1) is 24.1 Å². The average Bonchev–Trinajstić information content (AvgIpc) is 2.99. The van der Waals surface area contributed by atoms with Gasteiger partial charge in [-0.1, -0.05) is 11.8 Å². The summed E-state index contributed by atoms with van der Waals surface area (Å²) in [7, 11) is 3.13. The maximum atomic E-state index is 12.3. The molecule has 0 spiro atoms. The van der Waals surface area contributed by atoms with Gasteiger partial charge in [0.15, 0.2) is 10.9 Å². The predicted octanol–water partition coefficient (Wildman–Crippen LogP) is 1.52. The van der Waals surface area contributed by atoms with Crippen LogP contribution < -0.4 is 0 Å². The summed E-state index contributed by atoms with van der Waals surface area (Å²) in [6.07, 6.45) is 1.58. The molecule has 2 aromatic heterocycles. The number of carbonyl (C=O) groups is 2. The maximum absolute atomic E-state index is 12.3. The number of esters is 1. The Morgan fingerprint density at radius 3 is 2.71 bits per heavy atom. The first kappa shape index (κ1) is 15.3. The van der Waals surface area contributed by atoms with Crippen LogP contribution in [0.2, 0.25) is 0 Å². The largest absolute Gasteiger partial charge is 0.465 e. The number of rotatable bonds is 5.